The second kappa shape index (κ2) is 12.6. The number of anilines is 1. The first-order valence-electron chi connectivity index (χ1n) is 11.0. The van der Waals surface area contributed by atoms with E-state index in [1.165, 1.54) is 13.3 Å². The number of hydrogen-bond acceptors (Lipinski definition) is 6. The summed E-state index contributed by atoms with van der Waals surface area (Å²) in [5, 5.41) is 15.9. The molecular formula is C27H26N4O4. The van der Waals surface area contributed by atoms with Crippen LogP contribution in [0.5, 0.6) is 11.5 Å². The van der Waals surface area contributed by atoms with Crippen molar-refractivity contribution in [2.75, 3.05) is 12.4 Å². The predicted molar refractivity (Wildman–Crippen MR) is 133 cm³/mol. The normalized spacial score (nSPS) is 10.4. The zero-order valence-electron chi connectivity index (χ0n) is 19.6. The van der Waals surface area contributed by atoms with Gasteiger partial charge in [0, 0.05) is 24.1 Å². The molecule has 3 rings (SSSR count). The first-order valence-corrected chi connectivity index (χ1v) is 11.0. The van der Waals surface area contributed by atoms with E-state index < -0.39 is 0 Å². The van der Waals surface area contributed by atoms with Gasteiger partial charge in [0.2, 0.25) is 11.8 Å². The van der Waals surface area contributed by atoms with Gasteiger partial charge in [0.25, 0.3) is 0 Å². The quantitative estimate of drug-likeness (QED) is 0.338. The molecule has 0 aliphatic heterocycles. The molecule has 0 saturated carbocycles. The van der Waals surface area contributed by atoms with E-state index in [1.54, 1.807) is 30.3 Å². The molecule has 0 fully saturated rings. The summed E-state index contributed by atoms with van der Waals surface area (Å²) in [6.45, 7) is 2.19. The number of carbonyl (C=O) groups excluding carboxylic acids is 2. The number of hydrogen-bond donors (Lipinski definition) is 2. The highest BCUT2D eigenvalue weighted by Crippen LogP contribution is 2.28. The minimum atomic E-state index is -0.372. The number of amides is 2. The molecule has 3 aromatic carbocycles. The topological polar surface area (TPSA) is 113 Å². The summed E-state index contributed by atoms with van der Waals surface area (Å²) in [5.74, 6) is 0.387. The van der Waals surface area contributed by atoms with Crippen molar-refractivity contribution in [3.8, 4) is 17.6 Å². The molecule has 0 aliphatic rings. The Morgan fingerprint density at radius 1 is 1.00 bits per heavy atom. The van der Waals surface area contributed by atoms with Crippen molar-refractivity contribution in [3.05, 3.63) is 89.0 Å². The van der Waals surface area contributed by atoms with Crippen molar-refractivity contribution >= 4 is 23.7 Å². The van der Waals surface area contributed by atoms with Crippen LogP contribution < -0.4 is 20.2 Å². The molecule has 2 N–H and O–H groups in total. The average molecular weight is 471 g/mol. The van der Waals surface area contributed by atoms with Gasteiger partial charge in [0.05, 0.1) is 25.0 Å². The summed E-state index contributed by atoms with van der Waals surface area (Å²) < 4.78 is 11.2. The second-order valence-corrected chi connectivity index (χ2v) is 7.68. The SMILES string of the molecule is COc1cc(C=NNC(=O)CCC(=O)Nc2ccc(C)cc2)ccc1OCc1ccccc1C#N. The van der Waals surface area contributed by atoms with Gasteiger partial charge in [-0.15, -0.1) is 0 Å². The number of methoxy groups -OCH3 is 1. The van der Waals surface area contributed by atoms with Crippen LogP contribution in [0.25, 0.3) is 0 Å². The Morgan fingerprint density at radius 3 is 2.49 bits per heavy atom. The Kier molecular flexibility index (Phi) is 8.97. The maximum atomic E-state index is 12.0. The van der Waals surface area contributed by atoms with Gasteiger partial charge in [-0.2, -0.15) is 10.4 Å². The Bertz CT molecular complexity index is 1250. The van der Waals surface area contributed by atoms with Crippen molar-refractivity contribution in [1.82, 2.24) is 5.43 Å². The molecule has 178 valence electrons. The van der Waals surface area contributed by atoms with Crippen molar-refractivity contribution in [2.45, 2.75) is 26.4 Å². The van der Waals surface area contributed by atoms with Gasteiger partial charge in [0.1, 0.15) is 6.61 Å². The lowest BCUT2D eigenvalue weighted by Crippen LogP contribution is -2.20. The largest absolute Gasteiger partial charge is 0.493 e. The molecule has 0 radical (unpaired) electrons. The fourth-order valence-electron chi connectivity index (χ4n) is 3.12. The Morgan fingerprint density at radius 2 is 1.74 bits per heavy atom. The van der Waals surface area contributed by atoms with Crippen LogP contribution in [0.2, 0.25) is 0 Å². The number of ether oxygens (including phenoxy) is 2. The number of nitrogens with one attached hydrogen (secondary N) is 2. The van der Waals surface area contributed by atoms with E-state index in [4.69, 9.17) is 9.47 Å². The summed E-state index contributed by atoms with van der Waals surface area (Å²) in [7, 11) is 1.52. The number of nitrogens with zero attached hydrogens (tertiary/aromatic N) is 2. The van der Waals surface area contributed by atoms with Gasteiger partial charge in [-0.25, -0.2) is 5.43 Å². The average Bonchev–Trinajstić information content (AvgIpc) is 2.88. The van der Waals surface area contributed by atoms with Crippen LogP contribution in [0.3, 0.4) is 0 Å². The Labute approximate surface area is 204 Å². The minimum absolute atomic E-state index is 0.00923. The number of rotatable bonds is 10. The van der Waals surface area contributed by atoms with Crippen molar-refractivity contribution in [1.29, 1.82) is 5.26 Å². The van der Waals surface area contributed by atoms with E-state index in [1.807, 2.05) is 43.3 Å². The van der Waals surface area contributed by atoms with Crippen LogP contribution in [0.15, 0.2) is 71.8 Å². The standard InChI is InChI=1S/C27H26N4O4/c1-19-7-10-23(11-8-19)30-26(32)13-14-27(33)31-29-17-20-9-12-24(25(15-20)34-2)35-18-22-6-4-3-5-21(22)16-28/h3-12,15,17H,13-14,18H2,1-2H3,(H,30,32)(H,31,33). The third kappa shape index (κ3) is 7.72. The molecule has 35 heavy (non-hydrogen) atoms. The van der Waals surface area contributed by atoms with Gasteiger partial charge in [-0.05, 0) is 48.9 Å². The summed E-state index contributed by atoms with van der Waals surface area (Å²) in [6.07, 6.45) is 1.53. The van der Waals surface area contributed by atoms with Gasteiger partial charge < -0.3 is 14.8 Å². The molecule has 0 aliphatic carbocycles. The lowest BCUT2D eigenvalue weighted by Gasteiger charge is -2.12. The van der Waals surface area contributed by atoms with Gasteiger partial charge >= 0.3 is 0 Å². The van der Waals surface area contributed by atoms with Crippen molar-refractivity contribution in [3.63, 3.8) is 0 Å². The number of carbonyl (C=O) groups is 2. The number of nitriles is 1. The van der Waals surface area contributed by atoms with Crippen molar-refractivity contribution in [2.24, 2.45) is 5.10 Å². The second-order valence-electron chi connectivity index (χ2n) is 7.68. The van der Waals surface area contributed by atoms with E-state index in [0.29, 0.717) is 28.3 Å². The van der Waals surface area contributed by atoms with E-state index >= 15 is 0 Å². The fourth-order valence-corrected chi connectivity index (χ4v) is 3.12. The lowest BCUT2D eigenvalue weighted by molar-refractivity contribution is -0.124. The van der Waals surface area contributed by atoms with E-state index in [-0.39, 0.29) is 31.3 Å². The van der Waals surface area contributed by atoms with E-state index in [2.05, 4.69) is 21.9 Å². The number of aryl methyl sites for hydroxylation is 1. The first kappa shape index (κ1) is 25.0. The van der Waals surface area contributed by atoms with Crippen LogP contribution in [0.1, 0.15) is 35.1 Å². The molecule has 0 unspecified atom stereocenters. The Balaban J connectivity index is 1.48. The zero-order valence-corrected chi connectivity index (χ0v) is 19.6. The fraction of sp³-hybridized carbons (Fsp3) is 0.185. The molecule has 3 aromatic rings. The highest BCUT2D eigenvalue weighted by atomic mass is 16.5. The third-order valence-corrected chi connectivity index (χ3v) is 5.03. The van der Waals surface area contributed by atoms with Crippen LogP contribution in [-0.4, -0.2) is 25.1 Å². The molecule has 0 bridgehead atoms. The van der Waals surface area contributed by atoms with Gasteiger partial charge in [-0.3, -0.25) is 9.59 Å². The monoisotopic (exact) mass is 470 g/mol. The number of hydrazone groups is 1. The third-order valence-electron chi connectivity index (χ3n) is 5.03. The maximum absolute atomic E-state index is 12.0. The van der Waals surface area contributed by atoms with Gasteiger partial charge in [-0.1, -0.05) is 35.9 Å². The molecule has 0 aromatic heterocycles. The summed E-state index contributed by atoms with van der Waals surface area (Å²) in [6, 6.07) is 22.0. The Hall–Kier alpha value is -4.64. The zero-order chi connectivity index (χ0) is 25.0. The first-order chi connectivity index (χ1) is 17.0. The highest BCUT2D eigenvalue weighted by Gasteiger charge is 2.09. The van der Waals surface area contributed by atoms with Gasteiger partial charge in [0.15, 0.2) is 11.5 Å². The molecule has 0 atom stereocenters. The van der Waals surface area contributed by atoms with Crippen LogP contribution in [-0.2, 0) is 16.2 Å². The summed E-state index contributed by atoms with van der Waals surface area (Å²) >= 11 is 0. The van der Waals surface area contributed by atoms with Crippen LogP contribution in [0.4, 0.5) is 5.69 Å². The molecule has 8 nitrogen and oxygen atoms in total. The van der Waals surface area contributed by atoms with Crippen molar-refractivity contribution < 1.29 is 19.1 Å². The highest BCUT2D eigenvalue weighted by molar-refractivity contribution is 5.93. The minimum Gasteiger partial charge on any atom is -0.493 e. The van der Waals surface area contributed by atoms with Crippen LogP contribution in [0, 0.1) is 18.3 Å². The molecule has 8 heteroatoms. The predicted octanol–water partition coefficient (Wildman–Crippen LogP) is 4.32. The summed E-state index contributed by atoms with van der Waals surface area (Å²) in [4.78, 5) is 24.0. The molecular weight excluding hydrogens is 444 g/mol. The molecule has 0 saturated heterocycles. The van der Waals surface area contributed by atoms with E-state index in [9.17, 15) is 14.9 Å². The summed E-state index contributed by atoms with van der Waals surface area (Å²) in [5.41, 5.74) is 6.22. The molecule has 0 spiro atoms. The van der Waals surface area contributed by atoms with E-state index in [0.717, 1.165) is 11.1 Å². The van der Waals surface area contributed by atoms with Crippen LogP contribution >= 0.6 is 0 Å². The lowest BCUT2D eigenvalue weighted by atomic mass is 10.1. The molecule has 0 heterocycles. The smallest absolute Gasteiger partial charge is 0.240 e. The number of benzene rings is 3. The molecule has 2 amide bonds. The maximum Gasteiger partial charge on any atom is 0.240 e.